The molecule has 0 spiro atoms. The molecule has 2 aromatic rings. The van der Waals surface area contributed by atoms with Crippen molar-refractivity contribution in [3.8, 4) is 0 Å². The van der Waals surface area contributed by atoms with Gasteiger partial charge in [-0.1, -0.05) is 13.8 Å². The number of nitrogen functional groups attached to an aromatic ring is 1. The van der Waals surface area contributed by atoms with Gasteiger partial charge in [-0.2, -0.15) is 0 Å². The van der Waals surface area contributed by atoms with Crippen LogP contribution in [0.2, 0.25) is 0 Å². The molecule has 3 N–H and O–H groups in total. The fourth-order valence-electron chi connectivity index (χ4n) is 3.01. The van der Waals surface area contributed by atoms with Gasteiger partial charge in [-0.3, -0.25) is 4.79 Å². The Kier molecular flexibility index (Phi) is 4.80. The Bertz CT molecular complexity index is 759. The molecule has 1 aliphatic rings. The van der Waals surface area contributed by atoms with E-state index in [-0.39, 0.29) is 11.7 Å². The summed E-state index contributed by atoms with van der Waals surface area (Å²) in [5.41, 5.74) is 7.16. The largest absolute Gasteiger partial charge is 0.375 e. The summed E-state index contributed by atoms with van der Waals surface area (Å²) in [6.07, 6.45) is 4.32. The van der Waals surface area contributed by atoms with Crippen LogP contribution < -0.4 is 11.1 Å². The molecule has 0 unspecified atom stereocenters. The van der Waals surface area contributed by atoms with Gasteiger partial charge in [-0.15, -0.1) is 11.3 Å². The van der Waals surface area contributed by atoms with Crippen LogP contribution in [0.1, 0.15) is 46.9 Å². The Morgan fingerprint density at radius 3 is 3.08 bits per heavy atom. The molecule has 0 saturated carbocycles. The minimum Gasteiger partial charge on any atom is -0.375 e. The molecule has 0 aliphatic heterocycles. The number of nitrogens with zero attached hydrogens (tertiary/aromatic N) is 2. The second-order valence-corrected chi connectivity index (χ2v) is 7.68. The number of thiazole rings is 1. The van der Waals surface area contributed by atoms with Gasteiger partial charge in [-0.25, -0.2) is 14.4 Å². The third-order valence-corrected chi connectivity index (χ3v) is 5.05. The molecule has 0 saturated heterocycles. The van der Waals surface area contributed by atoms with Crippen molar-refractivity contribution in [1.82, 2.24) is 15.3 Å². The number of amides is 1. The highest BCUT2D eigenvalue weighted by atomic mass is 32.1. The summed E-state index contributed by atoms with van der Waals surface area (Å²) in [7, 11) is 0. The number of nitrogens with two attached hydrogens (primary N) is 1. The lowest BCUT2D eigenvalue weighted by atomic mass is 9.97. The van der Waals surface area contributed by atoms with Crippen LogP contribution in [0, 0.1) is 11.7 Å². The van der Waals surface area contributed by atoms with Crippen molar-refractivity contribution in [2.24, 2.45) is 5.92 Å². The Hall–Kier alpha value is -2.02. The normalized spacial score (nSPS) is 16.9. The summed E-state index contributed by atoms with van der Waals surface area (Å²) < 4.78 is 14.5. The third-order valence-electron chi connectivity index (χ3n) is 4.10. The maximum absolute atomic E-state index is 14.5. The molecule has 1 aliphatic carbocycles. The summed E-state index contributed by atoms with van der Waals surface area (Å²) in [6, 6.07) is 1.60. The van der Waals surface area contributed by atoms with Crippen molar-refractivity contribution >= 4 is 22.4 Å². The number of pyridine rings is 1. The first-order chi connectivity index (χ1) is 11.4. The summed E-state index contributed by atoms with van der Waals surface area (Å²) >= 11 is 1.45. The molecule has 1 amide bonds. The zero-order valence-electron chi connectivity index (χ0n) is 13.8. The van der Waals surface area contributed by atoms with Crippen LogP contribution in [0.5, 0.6) is 0 Å². The minimum atomic E-state index is -0.512. The first-order valence-corrected chi connectivity index (χ1v) is 8.94. The third kappa shape index (κ3) is 3.56. The smallest absolute Gasteiger partial charge is 0.273 e. The number of hydrogen-bond donors (Lipinski definition) is 2. The Labute approximate surface area is 144 Å². The maximum Gasteiger partial charge on any atom is 0.273 e. The van der Waals surface area contributed by atoms with Crippen molar-refractivity contribution in [1.29, 1.82) is 0 Å². The molecule has 5 nitrogen and oxygen atoms in total. The first-order valence-electron chi connectivity index (χ1n) is 8.12. The van der Waals surface area contributed by atoms with Crippen molar-refractivity contribution in [2.45, 2.75) is 45.6 Å². The van der Waals surface area contributed by atoms with E-state index in [1.807, 2.05) is 13.8 Å². The Balaban J connectivity index is 1.72. The van der Waals surface area contributed by atoms with Crippen LogP contribution in [0.3, 0.4) is 0 Å². The highest BCUT2D eigenvalue weighted by molar-refractivity contribution is 7.15. The average molecular weight is 348 g/mol. The molecule has 7 heteroatoms. The van der Waals surface area contributed by atoms with Gasteiger partial charge in [0.25, 0.3) is 5.91 Å². The fraction of sp³-hybridized carbons (Fsp3) is 0.471. The van der Waals surface area contributed by atoms with E-state index in [1.54, 1.807) is 6.07 Å². The van der Waals surface area contributed by atoms with E-state index < -0.39 is 11.7 Å². The molecule has 128 valence electrons. The topological polar surface area (TPSA) is 80.9 Å². The van der Waals surface area contributed by atoms with Gasteiger partial charge in [0, 0.05) is 23.5 Å². The Morgan fingerprint density at radius 2 is 2.33 bits per heavy atom. The highest BCUT2D eigenvalue weighted by Gasteiger charge is 2.25. The SMILES string of the molecule is CC(C)Cc1ccnc(C(=O)N[C@H]2CCc3nc(N)sc3C2)c1F. The standard InChI is InChI=1S/C17H21FN4OS/c1-9(2)7-10-5-6-20-15(14(10)18)16(23)21-11-3-4-12-13(8-11)24-17(19)22-12/h5-6,9,11H,3-4,7-8H2,1-2H3,(H2,19,22)(H,21,23)/t11-/m0/s1. The van der Waals surface area contributed by atoms with Gasteiger partial charge in [0.05, 0.1) is 5.69 Å². The molecule has 0 bridgehead atoms. The fourth-order valence-corrected chi connectivity index (χ4v) is 3.97. The van der Waals surface area contributed by atoms with Crippen molar-refractivity contribution in [3.05, 3.63) is 39.9 Å². The molecule has 24 heavy (non-hydrogen) atoms. The van der Waals surface area contributed by atoms with E-state index in [0.29, 0.717) is 29.5 Å². The first kappa shape index (κ1) is 16.8. The lowest BCUT2D eigenvalue weighted by molar-refractivity contribution is 0.0924. The maximum atomic E-state index is 14.5. The Morgan fingerprint density at radius 1 is 1.54 bits per heavy atom. The quantitative estimate of drug-likeness (QED) is 0.890. The number of nitrogens with one attached hydrogen (secondary N) is 1. The molecule has 0 aromatic carbocycles. The van der Waals surface area contributed by atoms with Crippen LogP contribution in [0.4, 0.5) is 9.52 Å². The van der Waals surface area contributed by atoms with E-state index in [4.69, 9.17) is 5.73 Å². The summed E-state index contributed by atoms with van der Waals surface area (Å²) in [5.74, 6) is -0.655. The lowest BCUT2D eigenvalue weighted by Crippen LogP contribution is -2.39. The summed E-state index contributed by atoms with van der Waals surface area (Å²) in [6.45, 7) is 4.03. The number of halogens is 1. The van der Waals surface area contributed by atoms with Crippen molar-refractivity contribution in [3.63, 3.8) is 0 Å². The van der Waals surface area contributed by atoms with Gasteiger partial charge in [0.15, 0.2) is 16.6 Å². The lowest BCUT2D eigenvalue weighted by Gasteiger charge is -2.22. The summed E-state index contributed by atoms with van der Waals surface area (Å²) in [4.78, 5) is 21.8. The molecular weight excluding hydrogens is 327 g/mol. The van der Waals surface area contributed by atoms with E-state index in [2.05, 4.69) is 15.3 Å². The second kappa shape index (κ2) is 6.84. The van der Waals surface area contributed by atoms with Crippen LogP contribution in [-0.4, -0.2) is 21.9 Å². The molecule has 3 rings (SSSR count). The number of carbonyl (C=O) groups is 1. The van der Waals surface area contributed by atoms with Crippen molar-refractivity contribution in [2.75, 3.05) is 5.73 Å². The molecule has 2 aromatic heterocycles. The molecule has 0 radical (unpaired) electrons. The average Bonchev–Trinajstić information content (AvgIpc) is 2.88. The van der Waals surface area contributed by atoms with Gasteiger partial charge >= 0.3 is 0 Å². The predicted molar refractivity (Wildman–Crippen MR) is 92.5 cm³/mol. The van der Waals surface area contributed by atoms with E-state index >= 15 is 0 Å². The minimum absolute atomic E-state index is 0.0418. The molecule has 2 heterocycles. The zero-order valence-corrected chi connectivity index (χ0v) is 14.6. The van der Waals surface area contributed by atoms with Crippen LogP contribution in [0.15, 0.2) is 12.3 Å². The number of rotatable bonds is 4. The van der Waals surface area contributed by atoms with Crippen LogP contribution in [-0.2, 0) is 19.3 Å². The summed E-state index contributed by atoms with van der Waals surface area (Å²) in [5, 5.41) is 3.46. The predicted octanol–water partition coefficient (Wildman–Crippen LogP) is 2.75. The van der Waals surface area contributed by atoms with Gasteiger partial charge in [-0.05, 0) is 36.8 Å². The van der Waals surface area contributed by atoms with Crippen LogP contribution in [0.25, 0.3) is 0 Å². The number of hydrogen-bond acceptors (Lipinski definition) is 5. The second-order valence-electron chi connectivity index (χ2n) is 6.57. The van der Waals surface area contributed by atoms with E-state index in [0.717, 1.165) is 23.4 Å². The molecule has 0 fully saturated rings. The molecular formula is C17H21FN4OS. The number of aryl methyl sites for hydroxylation is 1. The van der Waals surface area contributed by atoms with Crippen molar-refractivity contribution < 1.29 is 9.18 Å². The number of carbonyl (C=O) groups excluding carboxylic acids is 1. The number of anilines is 1. The van der Waals surface area contributed by atoms with E-state index in [1.165, 1.54) is 17.5 Å². The molecule has 1 atom stereocenters. The monoisotopic (exact) mass is 348 g/mol. The van der Waals surface area contributed by atoms with Gasteiger partial charge in [0.1, 0.15) is 0 Å². The van der Waals surface area contributed by atoms with Gasteiger partial charge < -0.3 is 11.1 Å². The number of aromatic nitrogens is 2. The highest BCUT2D eigenvalue weighted by Crippen LogP contribution is 2.28. The van der Waals surface area contributed by atoms with Crippen LogP contribution >= 0.6 is 11.3 Å². The number of fused-ring (bicyclic) bond motifs is 1. The zero-order chi connectivity index (χ0) is 17.3. The van der Waals surface area contributed by atoms with Gasteiger partial charge in [0.2, 0.25) is 0 Å². The van der Waals surface area contributed by atoms with E-state index in [9.17, 15) is 9.18 Å².